The standard InChI is InChI=1S/C44H35N5O/c1-28-23-42(47-27-37(28)29-17-20-45-21-18-29)48-38-11-7-5-9-33(38)35-15-13-31(25-40(35)48)50-32-14-16-36-34-10-6-8-12-39(34)49(41(36)26-32)43-24-30(19-22-46-43)44(2,3)4/h5-27H,1-4H3. The summed E-state index contributed by atoms with van der Waals surface area (Å²) in [5.74, 6) is 3.26. The number of hydrogen-bond donors (Lipinski definition) is 0. The first-order valence-electron chi connectivity index (χ1n) is 16.9. The van der Waals surface area contributed by atoms with Gasteiger partial charge in [0.05, 0.1) is 22.1 Å². The number of fused-ring (bicyclic) bond motifs is 6. The molecule has 242 valence electrons. The molecule has 0 fully saturated rings. The van der Waals surface area contributed by atoms with Crippen LogP contribution in [0.3, 0.4) is 0 Å². The van der Waals surface area contributed by atoms with E-state index in [2.05, 4.69) is 145 Å². The molecule has 0 radical (unpaired) electrons. The van der Waals surface area contributed by atoms with Crippen molar-refractivity contribution in [2.75, 3.05) is 0 Å². The van der Waals surface area contributed by atoms with Gasteiger partial charge in [-0.3, -0.25) is 14.1 Å². The fraction of sp³-hybridized carbons (Fsp3) is 0.114. The first kappa shape index (κ1) is 29.8. The molecule has 0 amide bonds. The third kappa shape index (κ3) is 4.91. The van der Waals surface area contributed by atoms with Gasteiger partial charge in [0.25, 0.3) is 0 Å². The normalized spacial score (nSPS) is 12.0. The molecule has 6 heteroatoms. The van der Waals surface area contributed by atoms with E-state index in [-0.39, 0.29) is 5.41 Å². The summed E-state index contributed by atoms with van der Waals surface area (Å²) in [4.78, 5) is 14.0. The smallest absolute Gasteiger partial charge is 0.137 e. The molecule has 0 aliphatic rings. The number of hydrogen-bond acceptors (Lipinski definition) is 4. The summed E-state index contributed by atoms with van der Waals surface area (Å²) in [7, 11) is 0. The SMILES string of the molecule is Cc1cc(-n2c3ccccc3c3ccc(Oc4ccc5c6ccccc6n(-c6cc(C(C)(C)C)ccn6)c5c4)cc32)ncc1-c1ccncc1. The van der Waals surface area contributed by atoms with E-state index in [9.17, 15) is 0 Å². The molecule has 4 aromatic carbocycles. The highest BCUT2D eigenvalue weighted by molar-refractivity contribution is 6.10. The van der Waals surface area contributed by atoms with Gasteiger partial charge in [-0.2, -0.15) is 0 Å². The van der Waals surface area contributed by atoms with Crippen LogP contribution in [-0.4, -0.2) is 24.1 Å². The highest BCUT2D eigenvalue weighted by Crippen LogP contribution is 2.38. The Morgan fingerprint density at radius 2 is 1.10 bits per heavy atom. The van der Waals surface area contributed by atoms with E-state index in [0.717, 1.165) is 72.7 Å². The van der Waals surface area contributed by atoms with Crippen LogP contribution in [0.4, 0.5) is 0 Å². The van der Waals surface area contributed by atoms with Gasteiger partial charge in [-0.15, -0.1) is 0 Å². The lowest BCUT2D eigenvalue weighted by atomic mass is 9.88. The van der Waals surface area contributed by atoms with Gasteiger partial charge in [-0.05, 0) is 95.8 Å². The van der Waals surface area contributed by atoms with Gasteiger partial charge in [0.15, 0.2) is 0 Å². The van der Waals surface area contributed by atoms with Crippen LogP contribution in [0.15, 0.2) is 140 Å². The van der Waals surface area contributed by atoms with Crippen molar-refractivity contribution in [2.24, 2.45) is 0 Å². The summed E-state index contributed by atoms with van der Waals surface area (Å²) < 4.78 is 11.2. The van der Waals surface area contributed by atoms with E-state index >= 15 is 0 Å². The largest absolute Gasteiger partial charge is 0.457 e. The Kier molecular flexibility index (Phi) is 6.81. The summed E-state index contributed by atoms with van der Waals surface area (Å²) in [6, 6.07) is 40.2. The molecule has 5 aromatic heterocycles. The molecule has 0 saturated heterocycles. The number of para-hydroxylation sites is 2. The summed E-state index contributed by atoms with van der Waals surface area (Å²) in [5, 5.41) is 4.65. The predicted octanol–water partition coefficient (Wildman–Crippen LogP) is 11.1. The Balaban J connectivity index is 1.16. The van der Waals surface area contributed by atoms with E-state index in [1.807, 2.05) is 36.9 Å². The fourth-order valence-electron chi connectivity index (χ4n) is 7.16. The van der Waals surface area contributed by atoms with Crippen LogP contribution in [0, 0.1) is 6.92 Å². The van der Waals surface area contributed by atoms with Crippen LogP contribution in [0.1, 0.15) is 31.9 Å². The lowest BCUT2D eigenvalue weighted by Crippen LogP contribution is -2.12. The third-order valence-corrected chi connectivity index (χ3v) is 9.68. The maximum absolute atomic E-state index is 6.67. The van der Waals surface area contributed by atoms with Gasteiger partial charge in [0.1, 0.15) is 23.1 Å². The number of aromatic nitrogens is 5. The highest BCUT2D eigenvalue weighted by Gasteiger charge is 2.19. The Labute approximate surface area is 290 Å². The molecule has 0 saturated carbocycles. The second-order valence-corrected chi connectivity index (χ2v) is 13.9. The van der Waals surface area contributed by atoms with E-state index in [1.54, 1.807) is 0 Å². The summed E-state index contributed by atoms with van der Waals surface area (Å²) >= 11 is 0. The van der Waals surface area contributed by atoms with Crippen LogP contribution < -0.4 is 4.74 Å². The maximum Gasteiger partial charge on any atom is 0.137 e. The Morgan fingerprint density at radius 3 is 1.68 bits per heavy atom. The lowest BCUT2D eigenvalue weighted by molar-refractivity contribution is 0.484. The second kappa shape index (κ2) is 11.4. The van der Waals surface area contributed by atoms with Crippen molar-refractivity contribution in [3.63, 3.8) is 0 Å². The summed E-state index contributed by atoms with van der Waals surface area (Å²) in [6.45, 7) is 8.83. The summed E-state index contributed by atoms with van der Waals surface area (Å²) in [5.41, 5.74) is 8.86. The number of benzene rings is 4. The van der Waals surface area contributed by atoms with Crippen molar-refractivity contribution in [2.45, 2.75) is 33.1 Å². The monoisotopic (exact) mass is 649 g/mol. The Bertz CT molecular complexity index is 2730. The van der Waals surface area contributed by atoms with Crippen molar-refractivity contribution in [3.8, 4) is 34.3 Å². The minimum atomic E-state index is 0.00168. The molecule has 0 spiro atoms. The van der Waals surface area contributed by atoms with Crippen molar-refractivity contribution in [1.82, 2.24) is 24.1 Å². The Hall–Kier alpha value is -6.27. The van der Waals surface area contributed by atoms with Gasteiger partial charge < -0.3 is 4.74 Å². The molecule has 6 nitrogen and oxygen atoms in total. The molecule has 0 aliphatic carbocycles. The molecule has 0 atom stereocenters. The van der Waals surface area contributed by atoms with Crippen molar-refractivity contribution < 1.29 is 4.74 Å². The zero-order valence-corrected chi connectivity index (χ0v) is 28.4. The average Bonchev–Trinajstić information content (AvgIpc) is 3.64. The number of rotatable bonds is 5. The van der Waals surface area contributed by atoms with Gasteiger partial charge in [-0.1, -0.05) is 57.2 Å². The van der Waals surface area contributed by atoms with Crippen molar-refractivity contribution in [1.29, 1.82) is 0 Å². The maximum atomic E-state index is 6.67. The predicted molar refractivity (Wildman–Crippen MR) is 204 cm³/mol. The average molecular weight is 650 g/mol. The van der Waals surface area contributed by atoms with Crippen LogP contribution in [0.25, 0.3) is 66.4 Å². The van der Waals surface area contributed by atoms with Gasteiger partial charge in [0, 0.05) is 64.0 Å². The lowest BCUT2D eigenvalue weighted by Gasteiger charge is -2.20. The zero-order valence-electron chi connectivity index (χ0n) is 28.4. The van der Waals surface area contributed by atoms with Gasteiger partial charge in [-0.25, -0.2) is 9.97 Å². The number of pyridine rings is 3. The quantitative estimate of drug-likeness (QED) is 0.186. The highest BCUT2D eigenvalue weighted by atomic mass is 16.5. The number of nitrogens with zero attached hydrogens (tertiary/aromatic N) is 5. The minimum Gasteiger partial charge on any atom is -0.457 e. The van der Waals surface area contributed by atoms with E-state index in [0.29, 0.717) is 0 Å². The van der Waals surface area contributed by atoms with E-state index in [4.69, 9.17) is 14.7 Å². The molecular weight excluding hydrogens is 615 g/mol. The molecule has 0 N–H and O–H groups in total. The van der Waals surface area contributed by atoms with E-state index in [1.165, 1.54) is 16.3 Å². The number of ether oxygens (including phenoxy) is 1. The molecule has 5 heterocycles. The van der Waals surface area contributed by atoms with Crippen LogP contribution in [0.2, 0.25) is 0 Å². The first-order chi connectivity index (χ1) is 24.3. The molecule has 0 aliphatic heterocycles. The first-order valence-corrected chi connectivity index (χ1v) is 16.9. The topological polar surface area (TPSA) is 57.8 Å². The van der Waals surface area contributed by atoms with Crippen molar-refractivity contribution >= 4 is 43.6 Å². The van der Waals surface area contributed by atoms with E-state index < -0.39 is 0 Å². The fourth-order valence-corrected chi connectivity index (χ4v) is 7.16. The third-order valence-electron chi connectivity index (χ3n) is 9.68. The molecule has 0 unspecified atom stereocenters. The van der Waals surface area contributed by atoms with Crippen LogP contribution >= 0.6 is 0 Å². The molecule has 9 rings (SSSR count). The van der Waals surface area contributed by atoms with Crippen molar-refractivity contribution in [3.05, 3.63) is 151 Å². The van der Waals surface area contributed by atoms with Gasteiger partial charge >= 0.3 is 0 Å². The molecule has 9 aromatic rings. The molecular formula is C44H35N5O. The minimum absolute atomic E-state index is 0.00168. The molecule has 50 heavy (non-hydrogen) atoms. The van der Waals surface area contributed by atoms with Crippen LogP contribution in [0.5, 0.6) is 11.5 Å². The molecule has 0 bridgehead atoms. The zero-order chi connectivity index (χ0) is 34.0. The Morgan fingerprint density at radius 1 is 0.540 bits per heavy atom. The van der Waals surface area contributed by atoms with Gasteiger partial charge in [0.2, 0.25) is 0 Å². The summed E-state index contributed by atoms with van der Waals surface area (Å²) in [6.07, 6.45) is 7.50. The second-order valence-electron chi connectivity index (χ2n) is 13.9. The van der Waals surface area contributed by atoms with Crippen LogP contribution in [-0.2, 0) is 5.41 Å². The number of aryl methyl sites for hydroxylation is 1.